The molecule has 1 aromatic rings. The lowest BCUT2D eigenvalue weighted by atomic mass is 10.3. The van der Waals surface area contributed by atoms with Gasteiger partial charge in [-0.3, -0.25) is 0 Å². The Morgan fingerprint density at radius 3 is 2.75 bits per heavy atom. The van der Waals surface area contributed by atoms with Gasteiger partial charge in [-0.15, -0.1) is 0 Å². The van der Waals surface area contributed by atoms with Crippen LogP contribution < -0.4 is 10.5 Å². The summed E-state index contributed by atoms with van der Waals surface area (Å²) in [6, 6.07) is 5.29. The van der Waals surface area contributed by atoms with E-state index >= 15 is 0 Å². The van der Waals surface area contributed by atoms with Crippen LogP contribution in [0.2, 0.25) is 0 Å². The molecule has 0 aliphatic heterocycles. The summed E-state index contributed by atoms with van der Waals surface area (Å²) in [6.07, 6.45) is 1.57. The smallest absolute Gasteiger partial charge is 0.113 e. The third-order valence-electron chi connectivity index (χ3n) is 1.25. The van der Waals surface area contributed by atoms with E-state index in [1.807, 2.05) is 0 Å². The number of hydrogen-bond acceptors (Lipinski definition) is 2. The summed E-state index contributed by atoms with van der Waals surface area (Å²) in [4.78, 5) is 0. The fourth-order valence-corrected chi connectivity index (χ4v) is 1.88. The lowest BCUT2D eigenvalue weighted by Crippen LogP contribution is -2.01. The van der Waals surface area contributed by atoms with Crippen molar-refractivity contribution in [2.24, 2.45) is 0 Å². The molecule has 0 saturated heterocycles. The van der Waals surface area contributed by atoms with E-state index in [2.05, 4.69) is 20.7 Å². The first kappa shape index (κ1) is 9.54. The van der Waals surface area contributed by atoms with Crippen LogP contribution in [0.15, 0.2) is 22.7 Å². The predicted octanol–water partition coefficient (Wildman–Crippen LogP) is 1.74. The Morgan fingerprint density at radius 1 is 1.58 bits per heavy atom. The third kappa shape index (κ3) is 2.49. The number of nitrogens with two attached hydrogens (primary N) is 1. The molecule has 1 aromatic carbocycles. The van der Waals surface area contributed by atoms with E-state index < -0.39 is 11.0 Å². The van der Waals surface area contributed by atoms with Crippen LogP contribution >= 0.6 is 15.9 Å². The molecule has 0 radical (unpaired) electrons. The van der Waals surface area contributed by atoms with Crippen molar-refractivity contribution in [2.75, 3.05) is 16.7 Å². The largest absolute Gasteiger partial charge is 0.399 e. The quantitative estimate of drug-likeness (QED) is 0.784. The number of hydrogen-bond donors (Lipinski definition) is 2. The maximum Gasteiger partial charge on any atom is 0.113 e. The van der Waals surface area contributed by atoms with Crippen LogP contribution in [0.25, 0.3) is 0 Å². The van der Waals surface area contributed by atoms with Crippen LogP contribution in [0.1, 0.15) is 0 Å². The summed E-state index contributed by atoms with van der Waals surface area (Å²) < 4.78 is 14.4. The van der Waals surface area contributed by atoms with Crippen LogP contribution in [-0.4, -0.2) is 10.5 Å². The zero-order chi connectivity index (χ0) is 9.14. The lowest BCUT2D eigenvalue weighted by molar-refractivity contribution is 0.690. The second-order valence-corrected chi connectivity index (χ2v) is 4.26. The Bertz CT molecular complexity index is 316. The SMILES string of the molecule is CS(=O)Nc1ccc(N)cc1Br. The fraction of sp³-hybridized carbons (Fsp3) is 0.143. The maximum absolute atomic E-state index is 10.8. The van der Waals surface area contributed by atoms with Gasteiger partial charge in [-0.2, -0.15) is 0 Å². The molecule has 12 heavy (non-hydrogen) atoms. The van der Waals surface area contributed by atoms with Gasteiger partial charge in [-0.1, -0.05) is 0 Å². The molecule has 1 atom stereocenters. The number of nitrogen functional groups attached to an aromatic ring is 1. The minimum Gasteiger partial charge on any atom is -0.399 e. The van der Waals surface area contributed by atoms with Crippen molar-refractivity contribution in [3.63, 3.8) is 0 Å². The number of rotatable bonds is 2. The minimum absolute atomic E-state index is 0.675. The second-order valence-electron chi connectivity index (χ2n) is 2.30. The van der Waals surface area contributed by atoms with Gasteiger partial charge < -0.3 is 10.5 Å². The van der Waals surface area contributed by atoms with Crippen LogP contribution in [0.4, 0.5) is 11.4 Å². The summed E-state index contributed by atoms with van der Waals surface area (Å²) in [5, 5.41) is 0. The van der Waals surface area contributed by atoms with Gasteiger partial charge in [0.2, 0.25) is 0 Å². The molecule has 0 spiro atoms. The molecule has 0 bridgehead atoms. The lowest BCUT2D eigenvalue weighted by Gasteiger charge is -2.05. The molecule has 0 aromatic heterocycles. The summed E-state index contributed by atoms with van der Waals surface area (Å²) in [5.41, 5.74) is 6.98. The standard InChI is InChI=1S/C7H9BrN2OS/c1-12(11)10-7-3-2-5(9)4-6(7)8/h2-4,10H,9H2,1H3. The van der Waals surface area contributed by atoms with Crippen LogP contribution in [-0.2, 0) is 11.0 Å². The van der Waals surface area contributed by atoms with Crippen molar-refractivity contribution < 1.29 is 4.21 Å². The summed E-state index contributed by atoms with van der Waals surface area (Å²) in [5.74, 6) is 0. The van der Waals surface area contributed by atoms with E-state index in [0.717, 1.165) is 10.2 Å². The van der Waals surface area contributed by atoms with Crippen molar-refractivity contribution in [1.29, 1.82) is 0 Å². The molecule has 0 heterocycles. The molecule has 5 heteroatoms. The molecule has 0 fully saturated rings. The molecule has 0 amide bonds. The van der Waals surface area contributed by atoms with Crippen molar-refractivity contribution in [3.05, 3.63) is 22.7 Å². The first-order valence-electron chi connectivity index (χ1n) is 3.24. The van der Waals surface area contributed by atoms with Gasteiger partial charge in [-0.05, 0) is 34.1 Å². The normalized spacial score (nSPS) is 12.5. The van der Waals surface area contributed by atoms with Crippen molar-refractivity contribution in [2.45, 2.75) is 0 Å². The van der Waals surface area contributed by atoms with E-state index in [4.69, 9.17) is 5.73 Å². The highest BCUT2D eigenvalue weighted by Gasteiger charge is 1.99. The van der Waals surface area contributed by atoms with Gasteiger partial charge in [0, 0.05) is 16.4 Å². The van der Waals surface area contributed by atoms with Gasteiger partial charge in [0.25, 0.3) is 0 Å². The predicted molar refractivity (Wildman–Crippen MR) is 56.2 cm³/mol. The number of halogens is 1. The Labute approximate surface area is 82.1 Å². The fourth-order valence-electron chi connectivity index (χ4n) is 0.769. The molecule has 0 aliphatic rings. The zero-order valence-electron chi connectivity index (χ0n) is 6.50. The average Bonchev–Trinajstić information content (AvgIpc) is 1.94. The van der Waals surface area contributed by atoms with Crippen LogP contribution in [0, 0.1) is 0 Å². The first-order chi connectivity index (χ1) is 5.59. The van der Waals surface area contributed by atoms with Gasteiger partial charge in [0.1, 0.15) is 11.0 Å². The molecule has 0 saturated carbocycles. The zero-order valence-corrected chi connectivity index (χ0v) is 8.91. The monoisotopic (exact) mass is 248 g/mol. The molecule has 3 nitrogen and oxygen atoms in total. The van der Waals surface area contributed by atoms with Gasteiger partial charge >= 0.3 is 0 Å². The highest BCUT2D eigenvalue weighted by Crippen LogP contribution is 2.24. The van der Waals surface area contributed by atoms with Crippen LogP contribution in [0.3, 0.4) is 0 Å². The van der Waals surface area contributed by atoms with E-state index in [1.54, 1.807) is 24.5 Å². The maximum atomic E-state index is 10.8. The number of nitrogens with one attached hydrogen (secondary N) is 1. The summed E-state index contributed by atoms with van der Waals surface area (Å²) in [6.45, 7) is 0. The third-order valence-corrected chi connectivity index (χ3v) is 2.41. The summed E-state index contributed by atoms with van der Waals surface area (Å²) >= 11 is 3.30. The first-order valence-corrected chi connectivity index (χ1v) is 5.60. The molecule has 66 valence electrons. The second kappa shape index (κ2) is 3.91. The van der Waals surface area contributed by atoms with Crippen LogP contribution in [0.5, 0.6) is 0 Å². The summed E-state index contributed by atoms with van der Waals surface area (Å²) in [7, 11) is -1.05. The van der Waals surface area contributed by atoms with Gasteiger partial charge in [0.05, 0.1) is 5.69 Å². The highest BCUT2D eigenvalue weighted by atomic mass is 79.9. The Morgan fingerprint density at radius 2 is 2.25 bits per heavy atom. The highest BCUT2D eigenvalue weighted by molar-refractivity contribution is 9.10. The molecule has 1 rings (SSSR count). The Hall–Kier alpha value is -0.550. The van der Waals surface area contributed by atoms with E-state index in [9.17, 15) is 4.21 Å². The molecule has 3 N–H and O–H groups in total. The van der Waals surface area contributed by atoms with Gasteiger partial charge in [-0.25, -0.2) is 4.21 Å². The molecule has 1 unspecified atom stereocenters. The van der Waals surface area contributed by atoms with E-state index in [0.29, 0.717) is 5.69 Å². The average molecular weight is 249 g/mol. The Balaban J connectivity index is 2.93. The van der Waals surface area contributed by atoms with E-state index in [1.165, 1.54) is 0 Å². The molecular formula is C7H9BrN2OS. The Kier molecular flexibility index (Phi) is 3.11. The van der Waals surface area contributed by atoms with Gasteiger partial charge in [0.15, 0.2) is 0 Å². The van der Waals surface area contributed by atoms with E-state index in [-0.39, 0.29) is 0 Å². The van der Waals surface area contributed by atoms with Crippen molar-refractivity contribution in [3.8, 4) is 0 Å². The number of benzene rings is 1. The molecular weight excluding hydrogens is 240 g/mol. The van der Waals surface area contributed by atoms with Crippen molar-refractivity contribution >= 4 is 38.3 Å². The van der Waals surface area contributed by atoms with Crippen molar-refractivity contribution in [1.82, 2.24) is 0 Å². The topological polar surface area (TPSA) is 55.1 Å². The molecule has 0 aliphatic carbocycles. The minimum atomic E-state index is -1.05. The number of anilines is 2.